The number of thioether (sulfide) groups is 1. The molecule has 2 rings (SSSR count). The summed E-state index contributed by atoms with van der Waals surface area (Å²) in [6, 6.07) is 10.0. The quantitative estimate of drug-likeness (QED) is 0.646. The number of carbonyl (C=O) groups is 1. The molecule has 2 unspecified atom stereocenters. The van der Waals surface area contributed by atoms with Gasteiger partial charge in [-0.25, -0.2) is 0 Å². The molecule has 0 radical (unpaired) electrons. The largest absolute Gasteiger partial charge is 0.367 e. The Labute approximate surface area is 144 Å². The average Bonchev–Trinajstić information content (AvgIpc) is 2.93. The van der Waals surface area contributed by atoms with Gasteiger partial charge < -0.3 is 14.9 Å². The maximum absolute atomic E-state index is 11.8. The fraction of sp³-hybridized carbons (Fsp3) is 0.611. The minimum atomic E-state index is -1.50. The van der Waals surface area contributed by atoms with Gasteiger partial charge >= 0.3 is 0 Å². The molecule has 132 valence electrons. The van der Waals surface area contributed by atoms with Gasteiger partial charge in [0.2, 0.25) is 0 Å². The monoisotopic (exact) mass is 342 g/mol. The highest BCUT2D eigenvalue weighted by Gasteiger charge is 2.27. The summed E-state index contributed by atoms with van der Waals surface area (Å²) in [5, 5.41) is 16.2. The molecule has 1 aromatic carbocycles. The molecular formula is C18H30O4S. The van der Waals surface area contributed by atoms with Gasteiger partial charge in [0.25, 0.3) is 0 Å². The molecule has 0 spiro atoms. The molecule has 23 heavy (non-hydrogen) atoms. The van der Waals surface area contributed by atoms with E-state index in [9.17, 15) is 4.79 Å². The number of carbonyl (C=O) groups excluding carboxylic acids is 1. The zero-order valence-electron chi connectivity index (χ0n) is 14.8. The fourth-order valence-corrected chi connectivity index (χ4v) is 2.65. The third kappa shape index (κ3) is 12.2. The minimum Gasteiger partial charge on any atom is -0.367 e. The Hall–Kier alpha value is -0.880. The molecule has 4 nitrogen and oxygen atoms in total. The number of Topliss-reactive ketones (excluding diaryl/α,β-unsaturated/α-hetero) is 1. The zero-order chi connectivity index (χ0) is 17.9. The summed E-state index contributed by atoms with van der Waals surface area (Å²) in [4.78, 5) is 13.0. The van der Waals surface area contributed by atoms with Crippen molar-refractivity contribution in [3.05, 3.63) is 30.3 Å². The number of ketones is 1. The van der Waals surface area contributed by atoms with E-state index >= 15 is 0 Å². The topological polar surface area (TPSA) is 66.8 Å². The van der Waals surface area contributed by atoms with Crippen molar-refractivity contribution in [1.82, 2.24) is 0 Å². The van der Waals surface area contributed by atoms with Crippen molar-refractivity contribution in [3.8, 4) is 0 Å². The van der Waals surface area contributed by atoms with Crippen LogP contribution in [0.3, 0.4) is 0 Å². The summed E-state index contributed by atoms with van der Waals surface area (Å²) in [5.41, 5.74) is 0. The van der Waals surface area contributed by atoms with Gasteiger partial charge in [0.15, 0.2) is 11.6 Å². The molecule has 0 saturated carbocycles. The number of aliphatic hydroxyl groups is 2. The van der Waals surface area contributed by atoms with E-state index in [4.69, 9.17) is 14.9 Å². The molecule has 1 aromatic rings. The Morgan fingerprint density at radius 2 is 1.74 bits per heavy atom. The van der Waals surface area contributed by atoms with E-state index in [-0.39, 0.29) is 18.0 Å². The van der Waals surface area contributed by atoms with Crippen LogP contribution in [0.25, 0.3) is 0 Å². The predicted octanol–water partition coefficient (Wildman–Crippen LogP) is 3.65. The summed E-state index contributed by atoms with van der Waals surface area (Å²) in [7, 11) is 0. The van der Waals surface area contributed by atoms with Crippen molar-refractivity contribution in [3.63, 3.8) is 0 Å². The second kappa shape index (κ2) is 11.6. The zero-order valence-corrected chi connectivity index (χ0v) is 15.6. The van der Waals surface area contributed by atoms with Crippen LogP contribution >= 0.6 is 11.8 Å². The highest BCUT2D eigenvalue weighted by atomic mass is 32.2. The van der Waals surface area contributed by atoms with Crippen molar-refractivity contribution in [1.29, 1.82) is 0 Å². The van der Waals surface area contributed by atoms with Crippen LogP contribution in [0.4, 0.5) is 0 Å². The summed E-state index contributed by atoms with van der Waals surface area (Å²) >= 11 is 1.59. The number of rotatable bonds is 4. The third-order valence-corrected chi connectivity index (χ3v) is 3.75. The highest BCUT2D eigenvalue weighted by Crippen LogP contribution is 2.23. The van der Waals surface area contributed by atoms with Gasteiger partial charge in [-0.15, -0.1) is 11.8 Å². The summed E-state index contributed by atoms with van der Waals surface area (Å²) < 4.78 is 5.55. The van der Waals surface area contributed by atoms with Crippen LogP contribution in [0.2, 0.25) is 0 Å². The maximum Gasteiger partial charge on any atom is 0.171 e. The lowest BCUT2D eigenvalue weighted by molar-refractivity contribution is -0.128. The van der Waals surface area contributed by atoms with E-state index in [0.29, 0.717) is 5.75 Å². The lowest BCUT2D eigenvalue weighted by Crippen LogP contribution is -2.22. The molecule has 1 fully saturated rings. The average molecular weight is 343 g/mol. The van der Waals surface area contributed by atoms with E-state index < -0.39 is 5.79 Å². The highest BCUT2D eigenvalue weighted by molar-refractivity contribution is 8.00. The van der Waals surface area contributed by atoms with Crippen LogP contribution < -0.4 is 0 Å². The van der Waals surface area contributed by atoms with Crippen molar-refractivity contribution < 1.29 is 19.7 Å². The van der Waals surface area contributed by atoms with E-state index in [0.717, 1.165) is 17.7 Å². The lowest BCUT2D eigenvalue weighted by Gasteiger charge is -2.09. The molecule has 2 atom stereocenters. The Morgan fingerprint density at radius 3 is 2.17 bits per heavy atom. The molecule has 0 aromatic heterocycles. The number of benzene rings is 1. The molecule has 0 amide bonds. The van der Waals surface area contributed by atoms with Crippen LogP contribution in [-0.2, 0) is 9.53 Å². The molecular weight excluding hydrogens is 312 g/mol. The first-order valence-corrected chi connectivity index (χ1v) is 9.05. The normalized spacial score (nSPS) is 20.0. The molecule has 1 saturated heterocycles. The summed E-state index contributed by atoms with van der Waals surface area (Å²) in [6.45, 7) is 8.62. The molecule has 0 aliphatic carbocycles. The first kappa shape index (κ1) is 22.1. The lowest BCUT2D eigenvalue weighted by atomic mass is 10.1. The Kier molecular flexibility index (Phi) is 11.2. The van der Waals surface area contributed by atoms with Gasteiger partial charge in [0, 0.05) is 4.90 Å². The second-order valence-corrected chi connectivity index (χ2v) is 6.62. The Balaban J connectivity index is 0.000000594. The van der Waals surface area contributed by atoms with Gasteiger partial charge in [0.05, 0.1) is 11.9 Å². The molecule has 1 aliphatic heterocycles. The number of ether oxygens (including phenoxy) is 1. The Morgan fingerprint density at radius 1 is 1.22 bits per heavy atom. The smallest absolute Gasteiger partial charge is 0.171 e. The minimum absolute atomic E-state index is 0.161. The van der Waals surface area contributed by atoms with Crippen molar-refractivity contribution in [2.75, 3.05) is 5.75 Å². The van der Waals surface area contributed by atoms with E-state index in [1.54, 1.807) is 11.8 Å². The van der Waals surface area contributed by atoms with Crippen LogP contribution in [0.5, 0.6) is 0 Å². The van der Waals surface area contributed by atoms with Crippen LogP contribution in [-0.4, -0.2) is 39.7 Å². The summed E-state index contributed by atoms with van der Waals surface area (Å²) in [6.07, 6.45) is 1.98. The molecule has 1 aliphatic rings. The Bertz CT molecular complexity index is 422. The van der Waals surface area contributed by atoms with Crippen molar-refractivity contribution in [2.45, 2.75) is 70.4 Å². The van der Waals surface area contributed by atoms with Crippen LogP contribution in [0.1, 0.15) is 47.5 Å². The fourth-order valence-electron chi connectivity index (χ4n) is 1.80. The molecule has 0 bridgehead atoms. The van der Waals surface area contributed by atoms with E-state index in [2.05, 4.69) is 0 Å². The van der Waals surface area contributed by atoms with Crippen LogP contribution in [0.15, 0.2) is 35.2 Å². The van der Waals surface area contributed by atoms with Crippen molar-refractivity contribution >= 4 is 17.5 Å². The first-order chi connectivity index (χ1) is 10.8. The maximum atomic E-state index is 11.8. The standard InChI is InChI=1S/C13H16O2S.C3H8O2.C2H6/c1-10-7-8-13(15-10)12(14)9-16-11-5-3-2-4-6-11;1-3(2,4)5;1-2/h2-6,10,13H,7-9H2,1H3;4-5H,1-2H3;1-2H3. The van der Waals surface area contributed by atoms with Crippen LogP contribution in [0, 0.1) is 0 Å². The van der Waals surface area contributed by atoms with Gasteiger partial charge in [-0.3, -0.25) is 4.79 Å². The van der Waals surface area contributed by atoms with E-state index in [1.807, 2.05) is 51.1 Å². The molecule has 1 heterocycles. The van der Waals surface area contributed by atoms with Gasteiger partial charge in [-0.1, -0.05) is 32.0 Å². The number of hydrogen-bond acceptors (Lipinski definition) is 5. The third-order valence-electron chi connectivity index (χ3n) is 2.72. The first-order valence-electron chi connectivity index (χ1n) is 8.06. The second-order valence-electron chi connectivity index (χ2n) is 5.58. The molecule has 2 N–H and O–H groups in total. The summed E-state index contributed by atoms with van der Waals surface area (Å²) in [5.74, 6) is -0.764. The van der Waals surface area contributed by atoms with Gasteiger partial charge in [0.1, 0.15) is 6.10 Å². The van der Waals surface area contributed by atoms with Gasteiger partial charge in [-0.05, 0) is 45.7 Å². The molecule has 5 heteroatoms. The van der Waals surface area contributed by atoms with E-state index in [1.165, 1.54) is 13.8 Å². The SMILES string of the molecule is CC.CC(C)(O)O.CC1CCC(C(=O)CSc2ccccc2)O1. The van der Waals surface area contributed by atoms with Gasteiger partial charge in [-0.2, -0.15) is 0 Å². The predicted molar refractivity (Wildman–Crippen MR) is 95.6 cm³/mol. The number of hydrogen-bond donors (Lipinski definition) is 2. The van der Waals surface area contributed by atoms with Crippen molar-refractivity contribution in [2.24, 2.45) is 0 Å².